The average Bonchev–Trinajstić information content (AvgIpc) is 1.82. The van der Waals surface area contributed by atoms with Crippen LogP contribution in [0.4, 0.5) is 4.79 Å². The Hall–Kier alpha value is -1.07. The number of nitrogens with zero attached hydrogens (tertiary/aromatic N) is 1. The molecule has 0 rings (SSSR count). The van der Waals surface area contributed by atoms with Crippen molar-refractivity contribution >= 4 is 6.03 Å². The maximum absolute atomic E-state index is 10.4. The first-order chi connectivity index (χ1) is 4.18. The quantitative estimate of drug-likeness (QED) is 0.192. The highest BCUT2D eigenvalue weighted by atomic mass is 16.2. The molecule has 0 aliphatic carbocycles. The lowest BCUT2D eigenvalue weighted by atomic mass is 10.6. The van der Waals surface area contributed by atoms with E-state index in [1.54, 1.807) is 0 Å². The first-order valence-corrected chi connectivity index (χ1v) is 2.36. The Kier molecular flexibility index (Phi) is 3.41. The molecular weight excluding hydrogens is 120 g/mol. The standard InChI is InChI=1S/C4H10N4O/c1-2-3-7-4(9)8(5)6/h2H,1,3,5-6H2,(H,7,9). The number of hydrazine groups is 2. The summed E-state index contributed by atoms with van der Waals surface area (Å²) in [4.78, 5) is 10.4. The third kappa shape index (κ3) is 3.51. The van der Waals surface area contributed by atoms with E-state index in [0.717, 1.165) is 0 Å². The number of carbonyl (C=O) groups is 1. The minimum atomic E-state index is -0.532. The topological polar surface area (TPSA) is 84.4 Å². The van der Waals surface area contributed by atoms with E-state index in [1.807, 2.05) is 0 Å². The Morgan fingerprint density at radius 2 is 2.33 bits per heavy atom. The van der Waals surface area contributed by atoms with Gasteiger partial charge in [-0.15, -0.1) is 6.58 Å². The van der Waals surface area contributed by atoms with Gasteiger partial charge in [-0.05, 0) is 0 Å². The van der Waals surface area contributed by atoms with Crippen LogP contribution in [0.5, 0.6) is 0 Å². The molecule has 2 amide bonds. The van der Waals surface area contributed by atoms with Gasteiger partial charge in [0, 0.05) is 6.54 Å². The van der Waals surface area contributed by atoms with Gasteiger partial charge >= 0.3 is 6.03 Å². The van der Waals surface area contributed by atoms with E-state index in [4.69, 9.17) is 11.7 Å². The van der Waals surface area contributed by atoms with Gasteiger partial charge in [0.05, 0.1) is 0 Å². The summed E-state index contributed by atoms with van der Waals surface area (Å²) in [5.74, 6) is 9.68. The van der Waals surface area contributed by atoms with Gasteiger partial charge in [-0.25, -0.2) is 16.5 Å². The van der Waals surface area contributed by atoms with Gasteiger partial charge in [-0.3, -0.25) is 0 Å². The Labute approximate surface area is 53.2 Å². The molecule has 9 heavy (non-hydrogen) atoms. The molecule has 0 bridgehead atoms. The zero-order chi connectivity index (χ0) is 7.28. The first kappa shape index (κ1) is 7.93. The maximum Gasteiger partial charge on any atom is 0.346 e. The predicted octanol–water partition coefficient (Wildman–Crippen LogP) is -1.07. The minimum Gasteiger partial charge on any atom is -0.332 e. The number of hydrogen-bond acceptors (Lipinski definition) is 3. The Bertz CT molecular complexity index is 111. The summed E-state index contributed by atoms with van der Waals surface area (Å²) >= 11 is 0. The van der Waals surface area contributed by atoms with Gasteiger partial charge in [0.2, 0.25) is 0 Å². The molecule has 0 spiro atoms. The molecule has 5 N–H and O–H groups in total. The molecule has 0 radical (unpaired) electrons. The van der Waals surface area contributed by atoms with Gasteiger partial charge in [-0.1, -0.05) is 6.08 Å². The molecule has 5 nitrogen and oxygen atoms in total. The molecule has 5 heteroatoms. The molecular formula is C4H10N4O. The monoisotopic (exact) mass is 130 g/mol. The summed E-state index contributed by atoms with van der Waals surface area (Å²) in [6.07, 6.45) is 1.53. The second-order valence-corrected chi connectivity index (χ2v) is 1.38. The Morgan fingerprint density at radius 3 is 2.67 bits per heavy atom. The number of rotatable bonds is 2. The summed E-state index contributed by atoms with van der Waals surface area (Å²) in [5.41, 5.74) is 0. The third-order valence-corrected chi connectivity index (χ3v) is 0.632. The van der Waals surface area contributed by atoms with Crippen molar-refractivity contribution in [3.05, 3.63) is 12.7 Å². The largest absolute Gasteiger partial charge is 0.346 e. The first-order valence-electron chi connectivity index (χ1n) is 2.36. The van der Waals surface area contributed by atoms with E-state index >= 15 is 0 Å². The highest BCUT2D eigenvalue weighted by molar-refractivity contribution is 5.72. The van der Waals surface area contributed by atoms with Crippen molar-refractivity contribution in [2.45, 2.75) is 0 Å². The number of urea groups is 1. The van der Waals surface area contributed by atoms with Gasteiger partial charge < -0.3 is 5.32 Å². The molecule has 0 heterocycles. The van der Waals surface area contributed by atoms with E-state index in [0.29, 0.717) is 11.7 Å². The van der Waals surface area contributed by atoms with E-state index in [9.17, 15) is 4.79 Å². The molecule has 0 aliphatic rings. The summed E-state index contributed by atoms with van der Waals surface area (Å²) in [7, 11) is 0. The molecule has 0 fully saturated rings. The van der Waals surface area contributed by atoms with Gasteiger partial charge in [0.1, 0.15) is 0 Å². The summed E-state index contributed by atoms with van der Waals surface area (Å²) in [5, 5.41) is 2.83. The second kappa shape index (κ2) is 3.88. The minimum absolute atomic E-state index is 0.365. The molecule has 0 aliphatic heterocycles. The number of nitrogens with two attached hydrogens (primary N) is 2. The second-order valence-electron chi connectivity index (χ2n) is 1.38. The maximum atomic E-state index is 10.4. The van der Waals surface area contributed by atoms with Crippen LogP contribution < -0.4 is 17.0 Å². The van der Waals surface area contributed by atoms with Crippen LogP contribution >= 0.6 is 0 Å². The Morgan fingerprint density at radius 1 is 1.78 bits per heavy atom. The highest BCUT2D eigenvalue weighted by Gasteiger charge is 1.99. The molecule has 0 aromatic rings. The van der Waals surface area contributed by atoms with E-state index in [2.05, 4.69) is 11.9 Å². The van der Waals surface area contributed by atoms with Crippen LogP contribution in [-0.4, -0.2) is 17.7 Å². The highest BCUT2D eigenvalue weighted by Crippen LogP contribution is 1.67. The predicted molar refractivity (Wildman–Crippen MR) is 33.8 cm³/mol. The molecule has 0 saturated heterocycles. The number of nitrogens with one attached hydrogen (secondary N) is 1. The van der Waals surface area contributed by atoms with Crippen LogP contribution in [0.3, 0.4) is 0 Å². The van der Waals surface area contributed by atoms with Crippen LogP contribution in [0, 0.1) is 0 Å². The van der Waals surface area contributed by atoms with Crippen molar-refractivity contribution in [1.82, 2.24) is 10.4 Å². The average molecular weight is 130 g/mol. The van der Waals surface area contributed by atoms with Gasteiger partial charge in [0.15, 0.2) is 0 Å². The summed E-state index contributed by atoms with van der Waals surface area (Å²) in [6.45, 7) is 3.74. The van der Waals surface area contributed by atoms with Crippen LogP contribution in [0.15, 0.2) is 12.7 Å². The van der Waals surface area contributed by atoms with Crippen molar-refractivity contribution in [1.29, 1.82) is 0 Å². The van der Waals surface area contributed by atoms with E-state index < -0.39 is 6.03 Å². The molecule has 0 saturated carbocycles. The molecule has 0 aromatic heterocycles. The van der Waals surface area contributed by atoms with Crippen molar-refractivity contribution in [3.8, 4) is 0 Å². The molecule has 0 atom stereocenters. The fourth-order valence-electron chi connectivity index (χ4n) is 0.251. The lowest BCUT2D eigenvalue weighted by Crippen LogP contribution is -2.49. The number of hydrogen-bond donors (Lipinski definition) is 3. The third-order valence-electron chi connectivity index (χ3n) is 0.632. The van der Waals surface area contributed by atoms with Crippen LogP contribution in [0.1, 0.15) is 0 Å². The summed E-state index contributed by atoms with van der Waals surface area (Å²) in [6, 6.07) is -0.532. The fraction of sp³-hybridized carbons (Fsp3) is 0.250. The smallest absolute Gasteiger partial charge is 0.332 e. The lowest BCUT2D eigenvalue weighted by Gasteiger charge is -2.08. The fourth-order valence-corrected chi connectivity index (χ4v) is 0.251. The van der Waals surface area contributed by atoms with Gasteiger partial charge in [-0.2, -0.15) is 5.12 Å². The zero-order valence-electron chi connectivity index (χ0n) is 5.00. The van der Waals surface area contributed by atoms with E-state index in [-0.39, 0.29) is 0 Å². The zero-order valence-corrected chi connectivity index (χ0v) is 5.00. The van der Waals surface area contributed by atoms with Crippen LogP contribution in [0.25, 0.3) is 0 Å². The lowest BCUT2D eigenvalue weighted by molar-refractivity contribution is 0.201. The Balaban J connectivity index is 3.38. The van der Waals surface area contributed by atoms with Crippen molar-refractivity contribution in [2.24, 2.45) is 11.7 Å². The SMILES string of the molecule is C=CCNC(=O)N(N)N. The van der Waals surface area contributed by atoms with Crippen molar-refractivity contribution in [3.63, 3.8) is 0 Å². The molecule has 0 unspecified atom stereocenters. The number of carbonyl (C=O) groups excluding carboxylic acids is 1. The van der Waals surface area contributed by atoms with Crippen LogP contribution in [0.2, 0.25) is 0 Å². The normalized spacial score (nSPS) is 8.22. The van der Waals surface area contributed by atoms with Crippen molar-refractivity contribution in [2.75, 3.05) is 6.54 Å². The van der Waals surface area contributed by atoms with Crippen molar-refractivity contribution < 1.29 is 4.79 Å². The molecule has 0 aromatic carbocycles. The van der Waals surface area contributed by atoms with Gasteiger partial charge in [0.25, 0.3) is 0 Å². The van der Waals surface area contributed by atoms with E-state index in [1.165, 1.54) is 6.08 Å². The summed E-state index contributed by atoms with van der Waals surface area (Å²) < 4.78 is 0. The number of amides is 2. The van der Waals surface area contributed by atoms with Crippen LogP contribution in [-0.2, 0) is 0 Å². The molecule has 52 valence electrons.